The zero-order valence-corrected chi connectivity index (χ0v) is 17.4. The molecule has 10 heteroatoms. The third kappa shape index (κ3) is 4.19. The molecule has 0 N–H and O–H groups in total. The van der Waals surface area contributed by atoms with E-state index in [-0.39, 0.29) is 22.8 Å². The van der Waals surface area contributed by atoms with Crippen LogP contribution in [0.3, 0.4) is 0 Å². The summed E-state index contributed by atoms with van der Waals surface area (Å²) in [6.45, 7) is 0. The molecule has 0 fully saturated rings. The van der Waals surface area contributed by atoms with Gasteiger partial charge in [-0.05, 0) is 29.8 Å². The Balaban J connectivity index is 1.94. The first-order valence-corrected chi connectivity index (χ1v) is 11.1. The summed E-state index contributed by atoms with van der Waals surface area (Å²) in [5.41, 5.74) is 1.38. The van der Waals surface area contributed by atoms with E-state index >= 15 is 0 Å². The third-order valence-corrected chi connectivity index (χ3v) is 5.47. The van der Waals surface area contributed by atoms with E-state index in [0.717, 1.165) is 18.4 Å². The Bertz CT molecular complexity index is 1480. The van der Waals surface area contributed by atoms with Gasteiger partial charge in [-0.15, -0.1) is 0 Å². The average molecular weight is 445 g/mol. The Morgan fingerprint density at radius 1 is 1.10 bits per heavy atom. The van der Waals surface area contributed by atoms with Gasteiger partial charge in [0.25, 0.3) is 5.56 Å². The molecule has 2 heterocycles. The summed E-state index contributed by atoms with van der Waals surface area (Å²) in [7, 11) is -1.75. The number of fused-ring (bicyclic) bond motifs is 1. The van der Waals surface area contributed by atoms with Crippen molar-refractivity contribution in [3.05, 3.63) is 82.7 Å². The first-order valence-electron chi connectivity index (χ1n) is 9.08. The maximum atomic E-state index is 14.2. The second kappa shape index (κ2) is 7.62. The summed E-state index contributed by atoms with van der Waals surface area (Å²) in [6, 6.07) is 7.58. The van der Waals surface area contributed by atoms with Crippen LogP contribution in [0.15, 0.2) is 59.9 Å². The fraction of sp³-hybridized carbons (Fsp3) is 0.143. The van der Waals surface area contributed by atoms with E-state index in [2.05, 4.69) is 4.98 Å². The van der Waals surface area contributed by atoms with Crippen molar-refractivity contribution in [2.75, 3.05) is 6.26 Å². The molecular formula is C21H17F2N3O4S. The Morgan fingerprint density at radius 2 is 1.84 bits per heavy atom. The van der Waals surface area contributed by atoms with Crippen molar-refractivity contribution in [3.63, 3.8) is 0 Å². The quantitative estimate of drug-likeness (QED) is 0.471. The fourth-order valence-corrected chi connectivity index (χ4v) is 4.05. The van der Waals surface area contributed by atoms with Crippen LogP contribution in [-0.4, -0.2) is 28.6 Å². The maximum absolute atomic E-state index is 14.2. The number of aryl methyl sites for hydroxylation is 1. The van der Waals surface area contributed by atoms with Gasteiger partial charge in [0.1, 0.15) is 17.1 Å². The molecule has 0 aliphatic rings. The number of sulfone groups is 1. The van der Waals surface area contributed by atoms with Crippen LogP contribution in [0.2, 0.25) is 0 Å². The molecule has 4 aromatic rings. The van der Waals surface area contributed by atoms with Crippen LogP contribution in [-0.2, 0) is 22.6 Å². The fourth-order valence-electron chi connectivity index (χ4n) is 3.26. The van der Waals surface area contributed by atoms with Gasteiger partial charge in [0.2, 0.25) is 0 Å². The Hall–Kier alpha value is -3.53. The normalized spacial score (nSPS) is 11.7. The molecule has 160 valence electrons. The number of benzene rings is 2. The summed E-state index contributed by atoms with van der Waals surface area (Å²) in [6.07, 6.45) is 5.51. The van der Waals surface area contributed by atoms with Crippen molar-refractivity contribution in [2.45, 2.75) is 5.75 Å². The molecular weight excluding hydrogens is 428 g/mol. The number of nitrogens with zero attached hydrogens (tertiary/aromatic N) is 3. The van der Waals surface area contributed by atoms with Crippen LogP contribution in [0.25, 0.3) is 16.8 Å². The van der Waals surface area contributed by atoms with Crippen molar-refractivity contribution in [2.24, 2.45) is 7.05 Å². The Morgan fingerprint density at radius 3 is 2.55 bits per heavy atom. The summed E-state index contributed by atoms with van der Waals surface area (Å²) >= 11 is 0. The highest BCUT2D eigenvalue weighted by molar-refractivity contribution is 7.89. The predicted octanol–water partition coefficient (Wildman–Crippen LogP) is 3.32. The molecule has 0 saturated heterocycles. The predicted molar refractivity (Wildman–Crippen MR) is 111 cm³/mol. The summed E-state index contributed by atoms with van der Waals surface area (Å²) in [4.78, 5) is 16.4. The lowest BCUT2D eigenvalue weighted by atomic mass is 10.1. The molecule has 0 saturated carbocycles. The van der Waals surface area contributed by atoms with Gasteiger partial charge >= 0.3 is 0 Å². The summed E-state index contributed by atoms with van der Waals surface area (Å²) < 4.78 is 59.7. The highest BCUT2D eigenvalue weighted by Gasteiger charge is 2.17. The van der Waals surface area contributed by atoms with E-state index in [1.165, 1.54) is 27.6 Å². The van der Waals surface area contributed by atoms with Gasteiger partial charge in [-0.3, -0.25) is 9.20 Å². The maximum Gasteiger partial charge on any atom is 0.276 e. The van der Waals surface area contributed by atoms with Crippen LogP contribution in [0.5, 0.6) is 11.5 Å². The minimum Gasteiger partial charge on any atom is -0.454 e. The Labute approximate surface area is 176 Å². The van der Waals surface area contributed by atoms with Crippen molar-refractivity contribution in [1.82, 2.24) is 14.0 Å². The van der Waals surface area contributed by atoms with Crippen molar-refractivity contribution in [3.8, 4) is 22.8 Å². The van der Waals surface area contributed by atoms with Crippen molar-refractivity contribution in [1.29, 1.82) is 0 Å². The molecule has 0 atom stereocenters. The monoisotopic (exact) mass is 445 g/mol. The molecule has 0 aliphatic heterocycles. The van der Waals surface area contributed by atoms with Crippen molar-refractivity contribution < 1.29 is 21.9 Å². The van der Waals surface area contributed by atoms with E-state index < -0.39 is 21.5 Å². The molecule has 4 rings (SSSR count). The number of imidazole rings is 1. The van der Waals surface area contributed by atoms with Gasteiger partial charge < -0.3 is 9.30 Å². The lowest BCUT2D eigenvalue weighted by Crippen LogP contribution is -2.19. The molecule has 31 heavy (non-hydrogen) atoms. The van der Waals surface area contributed by atoms with Crippen molar-refractivity contribution >= 4 is 15.4 Å². The van der Waals surface area contributed by atoms with Crippen LogP contribution in [0.4, 0.5) is 8.78 Å². The van der Waals surface area contributed by atoms with Crippen LogP contribution in [0.1, 0.15) is 5.56 Å². The van der Waals surface area contributed by atoms with E-state index in [0.29, 0.717) is 28.4 Å². The van der Waals surface area contributed by atoms with Crippen LogP contribution in [0, 0.1) is 11.6 Å². The SMILES string of the molecule is Cn1cc(-c2cc(CS(C)(=O)=O)ccc2Oc2ccc(F)cc2F)n2cncc2c1=O. The minimum absolute atomic E-state index is 0.191. The highest BCUT2D eigenvalue weighted by Crippen LogP contribution is 2.35. The van der Waals surface area contributed by atoms with E-state index in [1.807, 2.05) is 0 Å². The first kappa shape index (κ1) is 20.7. The lowest BCUT2D eigenvalue weighted by Gasteiger charge is -2.15. The number of hydrogen-bond donors (Lipinski definition) is 0. The number of aromatic nitrogens is 3. The molecule has 0 amide bonds. The van der Waals surface area contributed by atoms with Gasteiger partial charge in [-0.1, -0.05) is 6.07 Å². The molecule has 2 aromatic heterocycles. The molecule has 0 aliphatic carbocycles. The van der Waals surface area contributed by atoms with Gasteiger partial charge in [-0.25, -0.2) is 22.2 Å². The number of rotatable bonds is 5. The van der Waals surface area contributed by atoms with Gasteiger partial charge in [0.15, 0.2) is 21.4 Å². The Kier molecular flexibility index (Phi) is 5.10. The summed E-state index contributed by atoms with van der Waals surface area (Å²) in [5, 5.41) is 0. The summed E-state index contributed by atoms with van der Waals surface area (Å²) in [5.74, 6) is -1.86. The number of hydrogen-bond acceptors (Lipinski definition) is 5. The molecule has 7 nitrogen and oxygen atoms in total. The largest absolute Gasteiger partial charge is 0.454 e. The second-order valence-electron chi connectivity index (χ2n) is 7.16. The van der Waals surface area contributed by atoms with Gasteiger partial charge in [0.05, 0.1) is 24.0 Å². The third-order valence-electron chi connectivity index (χ3n) is 4.62. The topological polar surface area (TPSA) is 82.7 Å². The molecule has 0 unspecified atom stereocenters. The molecule has 2 aromatic carbocycles. The number of ether oxygens (including phenoxy) is 1. The standard InChI is InChI=1S/C21H17F2N3O4S/c1-25-10-18(26-12-24-9-17(26)21(25)27)15-7-13(11-31(2,28)29)3-5-19(15)30-20-6-4-14(22)8-16(20)23/h3-10,12H,11H2,1-2H3. The van der Waals surface area contributed by atoms with E-state index in [9.17, 15) is 22.0 Å². The van der Waals surface area contributed by atoms with Crippen LogP contribution < -0.4 is 10.3 Å². The average Bonchev–Trinajstić information content (AvgIpc) is 3.17. The first-order chi connectivity index (χ1) is 14.6. The van der Waals surface area contributed by atoms with Gasteiger partial charge in [-0.2, -0.15) is 0 Å². The zero-order valence-electron chi connectivity index (χ0n) is 16.5. The zero-order chi connectivity index (χ0) is 22.3. The molecule has 0 spiro atoms. The van der Waals surface area contributed by atoms with E-state index in [1.54, 1.807) is 25.4 Å². The molecule has 0 bridgehead atoms. The smallest absolute Gasteiger partial charge is 0.276 e. The lowest BCUT2D eigenvalue weighted by molar-refractivity contribution is 0.438. The minimum atomic E-state index is -3.32. The second-order valence-corrected chi connectivity index (χ2v) is 9.30. The molecule has 0 radical (unpaired) electrons. The number of halogens is 2. The highest BCUT2D eigenvalue weighted by atomic mass is 32.2. The van der Waals surface area contributed by atoms with Crippen LogP contribution >= 0.6 is 0 Å². The van der Waals surface area contributed by atoms with E-state index in [4.69, 9.17) is 4.74 Å². The van der Waals surface area contributed by atoms with Gasteiger partial charge in [0, 0.05) is 31.1 Å².